The Bertz CT molecular complexity index is 292. The van der Waals surface area contributed by atoms with Gasteiger partial charge in [-0.1, -0.05) is 12.2 Å². The highest BCUT2D eigenvalue weighted by Gasteiger charge is 2.31. The van der Waals surface area contributed by atoms with Crippen molar-refractivity contribution < 1.29 is 14.6 Å². The van der Waals surface area contributed by atoms with Crippen LogP contribution in [-0.4, -0.2) is 35.2 Å². The van der Waals surface area contributed by atoms with E-state index in [9.17, 15) is 4.79 Å². The molecule has 0 amide bonds. The van der Waals surface area contributed by atoms with Crippen LogP contribution < -0.4 is 0 Å². The predicted molar refractivity (Wildman–Crippen MR) is 52.7 cm³/mol. The van der Waals surface area contributed by atoms with Crippen LogP contribution >= 0.6 is 0 Å². The third-order valence-corrected chi connectivity index (χ3v) is 2.01. The fourth-order valence-corrected chi connectivity index (χ4v) is 1.00. The number of aliphatic carboxylic acids is 1. The van der Waals surface area contributed by atoms with Crippen molar-refractivity contribution in [2.45, 2.75) is 19.4 Å². The van der Waals surface area contributed by atoms with E-state index in [2.05, 4.69) is 0 Å². The van der Waals surface area contributed by atoms with Crippen LogP contribution in [0.1, 0.15) is 13.8 Å². The molecule has 0 bridgehead atoms. The number of carboxylic acids is 1. The first-order valence-electron chi connectivity index (χ1n) is 4.44. The average molecular weight is 197 g/mol. The van der Waals surface area contributed by atoms with Crippen LogP contribution in [0, 0.1) is 0 Å². The van der Waals surface area contributed by atoms with E-state index in [1.54, 1.807) is 6.08 Å². The molecule has 78 valence electrons. The topological polar surface area (TPSA) is 49.8 Å². The molecule has 0 saturated heterocycles. The Morgan fingerprint density at radius 1 is 1.64 bits per heavy atom. The molecule has 1 aliphatic heterocycles. The summed E-state index contributed by atoms with van der Waals surface area (Å²) in [7, 11) is 1.85. The lowest BCUT2D eigenvalue weighted by molar-refractivity contribution is -0.159. The number of ether oxygens (including phenoxy) is 1. The lowest BCUT2D eigenvalue weighted by atomic mass is 10.1. The second-order valence-electron chi connectivity index (χ2n) is 3.73. The van der Waals surface area contributed by atoms with Gasteiger partial charge in [-0.3, -0.25) is 0 Å². The van der Waals surface area contributed by atoms with E-state index in [0.717, 1.165) is 6.54 Å². The zero-order chi connectivity index (χ0) is 10.8. The van der Waals surface area contributed by atoms with Gasteiger partial charge in [0.25, 0.3) is 0 Å². The average Bonchev–Trinajstić information content (AvgIpc) is 2.08. The van der Waals surface area contributed by atoms with Crippen LogP contribution in [0.2, 0.25) is 0 Å². The van der Waals surface area contributed by atoms with Gasteiger partial charge in [-0.25, -0.2) is 4.79 Å². The SMILES string of the molecule is CN1CC=CC=C1OC(C)(C)C(=O)O. The van der Waals surface area contributed by atoms with Gasteiger partial charge >= 0.3 is 5.97 Å². The van der Waals surface area contributed by atoms with E-state index < -0.39 is 11.6 Å². The Hall–Kier alpha value is -1.45. The maximum absolute atomic E-state index is 10.8. The van der Waals surface area contributed by atoms with E-state index in [0.29, 0.717) is 5.88 Å². The van der Waals surface area contributed by atoms with Crippen LogP contribution in [0.5, 0.6) is 0 Å². The first-order valence-corrected chi connectivity index (χ1v) is 4.44. The Labute approximate surface area is 83.5 Å². The quantitative estimate of drug-likeness (QED) is 0.738. The van der Waals surface area contributed by atoms with Crippen molar-refractivity contribution in [1.82, 2.24) is 4.90 Å². The Kier molecular flexibility index (Phi) is 2.84. The minimum atomic E-state index is -1.19. The number of hydrogen-bond donors (Lipinski definition) is 1. The zero-order valence-electron chi connectivity index (χ0n) is 8.65. The molecule has 1 N–H and O–H groups in total. The summed E-state index contributed by atoms with van der Waals surface area (Å²) in [6.07, 6.45) is 5.59. The summed E-state index contributed by atoms with van der Waals surface area (Å²) in [6, 6.07) is 0. The van der Waals surface area contributed by atoms with Gasteiger partial charge < -0.3 is 14.7 Å². The molecular formula is C10H15NO3. The molecule has 0 aliphatic carbocycles. The molecule has 0 radical (unpaired) electrons. The molecule has 4 nitrogen and oxygen atoms in total. The molecule has 0 unspecified atom stereocenters. The monoisotopic (exact) mass is 197 g/mol. The molecule has 0 saturated carbocycles. The molecule has 1 aliphatic rings. The number of carboxylic acid groups (broad SMARTS) is 1. The number of carbonyl (C=O) groups is 1. The summed E-state index contributed by atoms with van der Waals surface area (Å²) in [5.41, 5.74) is -1.19. The molecule has 0 aromatic carbocycles. The fourth-order valence-electron chi connectivity index (χ4n) is 1.00. The summed E-state index contributed by atoms with van der Waals surface area (Å²) < 4.78 is 5.39. The number of rotatable bonds is 3. The largest absolute Gasteiger partial charge is 0.478 e. The van der Waals surface area contributed by atoms with Crippen molar-refractivity contribution in [2.75, 3.05) is 13.6 Å². The summed E-state index contributed by atoms with van der Waals surface area (Å²) in [5.74, 6) is -0.388. The third-order valence-electron chi connectivity index (χ3n) is 2.01. The summed E-state index contributed by atoms with van der Waals surface area (Å²) in [4.78, 5) is 12.7. The standard InChI is InChI=1S/C10H15NO3/c1-10(2,9(12)13)14-8-6-4-5-7-11(8)3/h4-6H,7H2,1-3H3,(H,12,13). The smallest absolute Gasteiger partial charge is 0.347 e. The van der Waals surface area contributed by atoms with Crippen molar-refractivity contribution in [3.05, 3.63) is 24.1 Å². The third kappa shape index (κ3) is 2.28. The van der Waals surface area contributed by atoms with E-state index >= 15 is 0 Å². The molecule has 14 heavy (non-hydrogen) atoms. The first kappa shape index (κ1) is 10.6. The van der Waals surface area contributed by atoms with Gasteiger partial charge in [0.2, 0.25) is 5.60 Å². The van der Waals surface area contributed by atoms with Gasteiger partial charge in [-0.05, 0) is 19.9 Å². The Morgan fingerprint density at radius 3 is 2.79 bits per heavy atom. The predicted octanol–water partition coefficient (Wildman–Crippen LogP) is 1.21. The lowest BCUT2D eigenvalue weighted by Crippen LogP contribution is -2.37. The molecular weight excluding hydrogens is 182 g/mol. The van der Waals surface area contributed by atoms with E-state index in [1.165, 1.54) is 13.8 Å². The molecule has 0 spiro atoms. The molecule has 1 rings (SSSR count). The molecule has 4 heteroatoms. The maximum Gasteiger partial charge on any atom is 0.347 e. The number of allylic oxidation sites excluding steroid dienone is 2. The van der Waals surface area contributed by atoms with Crippen LogP contribution in [0.25, 0.3) is 0 Å². The first-order chi connectivity index (χ1) is 6.43. The van der Waals surface area contributed by atoms with E-state index in [4.69, 9.17) is 9.84 Å². The maximum atomic E-state index is 10.8. The van der Waals surface area contributed by atoms with Gasteiger partial charge in [-0.15, -0.1) is 0 Å². The van der Waals surface area contributed by atoms with Crippen molar-refractivity contribution in [1.29, 1.82) is 0 Å². The van der Waals surface area contributed by atoms with E-state index in [-0.39, 0.29) is 0 Å². The molecule has 0 aromatic rings. The number of likely N-dealkylation sites (N-methyl/N-ethyl adjacent to an activating group) is 1. The summed E-state index contributed by atoms with van der Waals surface area (Å²) in [6.45, 7) is 3.80. The number of hydrogen-bond acceptors (Lipinski definition) is 3. The Balaban J connectivity index is 2.72. The second kappa shape index (κ2) is 3.74. The van der Waals surface area contributed by atoms with Crippen LogP contribution in [0.3, 0.4) is 0 Å². The van der Waals surface area contributed by atoms with Crippen molar-refractivity contribution in [2.24, 2.45) is 0 Å². The highest BCUT2D eigenvalue weighted by atomic mass is 16.5. The normalized spacial score (nSPS) is 16.5. The minimum absolute atomic E-state index is 0.583. The summed E-state index contributed by atoms with van der Waals surface area (Å²) in [5, 5.41) is 8.87. The molecule has 1 heterocycles. The van der Waals surface area contributed by atoms with Crippen molar-refractivity contribution >= 4 is 5.97 Å². The second-order valence-corrected chi connectivity index (χ2v) is 3.73. The van der Waals surface area contributed by atoms with Crippen molar-refractivity contribution in [3.63, 3.8) is 0 Å². The zero-order valence-corrected chi connectivity index (χ0v) is 8.65. The molecule has 0 fully saturated rings. The lowest BCUT2D eigenvalue weighted by Gasteiger charge is -2.29. The van der Waals surface area contributed by atoms with Crippen LogP contribution in [-0.2, 0) is 9.53 Å². The Morgan fingerprint density at radius 2 is 2.29 bits per heavy atom. The van der Waals surface area contributed by atoms with Gasteiger partial charge in [0.15, 0.2) is 5.88 Å². The van der Waals surface area contributed by atoms with Gasteiger partial charge in [0.05, 0.1) is 0 Å². The summed E-state index contributed by atoms with van der Waals surface area (Å²) >= 11 is 0. The minimum Gasteiger partial charge on any atom is -0.478 e. The molecule has 0 atom stereocenters. The molecule has 0 aromatic heterocycles. The van der Waals surface area contributed by atoms with Gasteiger partial charge in [0.1, 0.15) is 0 Å². The highest BCUT2D eigenvalue weighted by Crippen LogP contribution is 2.18. The van der Waals surface area contributed by atoms with Crippen molar-refractivity contribution in [3.8, 4) is 0 Å². The highest BCUT2D eigenvalue weighted by molar-refractivity contribution is 5.76. The van der Waals surface area contributed by atoms with Gasteiger partial charge in [-0.2, -0.15) is 0 Å². The van der Waals surface area contributed by atoms with Crippen LogP contribution in [0.15, 0.2) is 24.1 Å². The van der Waals surface area contributed by atoms with E-state index in [1.807, 2.05) is 24.1 Å². The van der Waals surface area contributed by atoms with Gasteiger partial charge in [0, 0.05) is 13.6 Å². The number of nitrogens with zero attached hydrogens (tertiary/aromatic N) is 1. The fraction of sp³-hybridized carbons (Fsp3) is 0.500. The van der Waals surface area contributed by atoms with Crippen LogP contribution in [0.4, 0.5) is 0 Å².